The second-order valence-electron chi connectivity index (χ2n) is 9.46. The van der Waals surface area contributed by atoms with Crippen LogP contribution in [0.4, 0.5) is 0 Å². The SMILES string of the molecule is CCCCCCCCCCc1ccc(-c2cn3cc(CCCCCCCC)nc3s2)cc1. The minimum atomic E-state index is 1.11. The molecule has 0 N–H and O–H groups in total. The van der Waals surface area contributed by atoms with Crippen molar-refractivity contribution >= 4 is 16.3 Å². The van der Waals surface area contributed by atoms with Gasteiger partial charge in [-0.3, -0.25) is 4.40 Å². The molecule has 0 spiro atoms. The zero-order valence-electron chi connectivity index (χ0n) is 20.6. The molecule has 1 aromatic carbocycles. The van der Waals surface area contributed by atoms with E-state index in [0.29, 0.717) is 0 Å². The molecule has 0 aliphatic rings. The van der Waals surface area contributed by atoms with E-state index in [1.165, 1.54) is 118 Å². The number of imidazole rings is 1. The van der Waals surface area contributed by atoms with Crippen molar-refractivity contribution < 1.29 is 0 Å². The third kappa shape index (κ3) is 8.39. The topological polar surface area (TPSA) is 17.3 Å². The number of unbranched alkanes of at least 4 members (excludes halogenated alkanes) is 12. The van der Waals surface area contributed by atoms with Gasteiger partial charge in [0.05, 0.1) is 10.6 Å². The summed E-state index contributed by atoms with van der Waals surface area (Å²) in [7, 11) is 0. The van der Waals surface area contributed by atoms with Crippen molar-refractivity contribution in [3.8, 4) is 10.4 Å². The maximum absolute atomic E-state index is 4.87. The molecule has 0 aliphatic carbocycles. The molecule has 0 fully saturated rings. The molecule has 3 aromatic rings. The fourth-order valence-electron chi connectivity index (χ4n) is 4.48. The first kappa shape index (κ1) is 25.0. The van der Waals surface area contributed by atoms with Crippen molar-refractivity contribution in [3.05, 3.63) is 47.9 Å². The third-order valence-corrected chi connectivity index (χ3v) is 7.60. The number of benzene rings is 1. The average molecular weight is 453 g/mol. The summed E-state index contributed by atoms with van der Waals surface area (Å²) in [6.07, 6.45) is 26.0. The van der Waals surface area contributed by atoms with Crippen molar-refractivity contribution in [2.24, 2.45) is 0 Å². The maximum atomic E-state index is 4.87. The van der Waals surface area contributed by atoms with Crippen LogP contribution in [0.15, 0.2) is 36.7 Å². The van der Waals surface area contributed by atoms with Gasteiger partial charge in [0.2, 0.25) is 0 Å². The highest BCUT2D eigenvalue weighted by atomic mass is 32.1. The van der Waals surface area contributed by atoms with Gasteiger partial charge in [0, 0.05) is 12.4 Å². The molecule has 2 heterocycles. The lowest BCUT2D eigenvalue weighted by atomic mass is 10.0. The van der Waals surface area contributed by atoms with E-state index in [4.69, 9.17) is 4.98 Å². The lowest BCUT2D eigenvalue weighted by Crippen LogP contribution is -1.87. The van der Waals surface area contributed by atoms with Gasteiger partial charge in [-0.25, -0.2) is 4.98 Å². The largest absolute Gasteiger partial charge is 0.297 e. The number of thiazole rings is 1. The van der Waals surface area contributed by atoms with Crippen LogP contribution in [0.2, 0.25) is 0 Å². The zero-order chi connectivity index (χ0) is 22.4. The third-order valence-electron chi connectivity index (χ3n) is 6.55. The van der Waals surface area contributed by atoms with E-state index >= 15 is 0 Å². The lowest BCUT2D eigenvalue weighted by Gasteiger charge is -2.04. The second-order valence-corrected chi connectivity index (χ2v) is 10.5. The predicted octanol–water partition coefficient (Wildman–Crippen LogP) is 9.65. The molecule has 3 heteroatoms. The minimum absolute atomic E-state index is 1.11. The molecule has 176 valence electrons. The van der Waals surface area contributed by atoms with Gasteiger partial charge in [0.1, 0.15) is 0 Å². The predicted molar refractivity (Wildman–Crippen MR) is 142 cm³/mol. The van der Waals surface area contributed by atoms with Crippen molar-refractivity contribution in [3.63, 3.8) is 0 Å². The molecular formula is C29H44N2S. The Balaban J connectivity index is 1.39. The average Bonchev–Trinajstić information content (AvgIpc) is 3.37. The Kier molecular flexibility index (Phi) is 11.4. The van der Waals surface area contributed by atoms with Gasteiger partial charge in [0.25, 0.3) is 0 Å². The van der Waals surface area contributed by atoms with Crippen LogP contribution >= 0.6 is 11.3 Å². The Morgan fingerprint density at radius 1 is 0.656 bits per heavy atom. The second kappa shape index (κ2) is 14.5. The summed E-state index contributed by atoms with van der Waals surface area (Å²) < 4.78 is 2.22. The first-order valence-electron chi connectivity index (χ1n) is 13.4. The molecule has 0 amide bonds. The van der Waals surface area contributed by atoms with E-state index < -0.39 is 0 Å². The molecule has 0 saturated heterocycles. The summed E-state index contributed by atoms with van der Waals surface area (Å²) in [6, 6.07) is 9.23. The summed E-state index contributed by atoms with van der Waals surface area (Å²) in [6.45, 7) is 4.56. The van der Waals surface area contributed by atoms with Crippen molar-refractivity contribution in [1.29, 1.82) is 0 Å². The van der Waals surface area contributed by atoms with Gasteiger partial charge >= 0.3 is 0 Å². The van der Waals surface area contributed by atoms with Gasteiger partial charge in [0.15, 0.2) is 4.96 Å². The van der Waals surface area contributed by atoms with Crippen LogP contribution < -0.4 is 0 Å². The van der Waals surface area contributed by atoms with E-state index in [-0.39, 0.29) is 0 Å². The number of fused-ring (bicyclic) bond motifs is 1. The summed E-state index contributed by atoms with van der Waals surface area (Å²) in [5.41, 5.74) is 4.04. The standard InChI is InChI=1S/C29H44N2S/c1-3-5-7-9-11-12-13-15-17-25-19-21-26(22-20-25)28-24-31-23-27(30-29(31)32-28)18-16-14-10-8-6-4-2/h19-24H,3-18H2,1-2H3. The Morgan fingerprint density at radius 2 is 1.22 bits per heavy atom. The summed E-state index contributed by atoms with van der Waals surface area (Å²) >= 11 is 1.81. The molecule has 0 radical (unpaired) electrons. The van der Waals surface area contributed by atoms with Crippen molar-refractivity contribution in [2.75, 3.05) is 0 Å². The van der Waals surface area contributed by atoms with Crippen LogP contribution in [-0.2, 0) is 12.8 Å². The Morgan fingerprint density at radius 3 is 1.81 bits per heavy atom. The maximum Gasteiger partial charge on any atom is 0.194 e. The van der Waals surface area contributed by atoms with E-state index in [2.05, 4.69) is 54.9 Å². The summed E-state index contributed by atoms with van der Waals surface area (Å²) in [4.78, 5) is 7.32. The Bertz CT molecular complexity index is 843. The molecule has 3 rings (SSSR count). The van der Waals surface area contributed by atoms with Gasteiger partial charge in [-0.05, 0) is 36.8 Å². The highest BCUT2D eigenvalue weighted by Crippen LogP contribution is 2.29. The van der Waals surface area contributed by atoms with E-state index in [0.717, 1.165) is 11.4 Å². The molecule has 2 aromatic heterocycles. The molecule has 0 aliphatic heterocycles. The summed E-state index contributed by atoms with van der Waals surface area (Å²) in [5.74, 6) is 0. The Hall–Kier alpha value is -1.61. The van der Waals surface area contributed by atoms with Crippen molar-refractivity contribution in [1.82, 2.24) is 9.38 Å². The van der Waals surface area contributed by atoms with Gasteiger partial charge < -0.3 is 0 Å². The number of aryl methyl sites for hydroxylation is 2. The zero-order valence-corrected chi connectivity index (χ0v) is 21.4. The normalized spacial score (nSPS) is 11.6. The number of hydrogen-bond acceptors (Lipinski definition) is 2. The molecule has 0 atom stereocenters. The minimum Gasteiger partial charge on any atom is -0.297 e. The number of rotatable bonds is 17. The molecule has 32 heavy (non-hydrogen) atoms. The molecule has 0 bridgehead atoms. The number of hydrogen-bond donors (Lipinski definition) is 0. The molecule has 2 nitrogen and oxygen atoms in total. The Labute approximate surface area is 200 Å². The monoisotopic (exact) mass is 452 g/mol. The highest BCUT2D eigenvalue weighted by molar-refractivity contribution is 7.20. The fourth-order valence-corrected chi connectivity index (χ4v) is 5.47. The number of aromatic nitrogens is 2. The molecule has 0 saturated carbocycles. The van der Waals surface area contributed by atoms with Gasteiger partial charge in [-0.15, -0.1) is 0 Å². The first-order valence-corrected chi connectivity index (χ1v) is 14.2. The van der Waals surface area contributed by atoms with Crippen LogP contribution in [0.1, 0.15) is 115 Å². The smallest absolute Gasteiger partial charge is 0.194 e. The lowest BCUT2D eigenvalue weighted by molar-refractivity contribution is 0.575. The number of nitrogens with zero attached hydrogens (tertiary/aromatic N) is 2. The van der Waals surface area contributed by atoms with Crippen LogP contribution in [0.3, 0.4) is 0 Å². The van der Waals surface area contributed by atoms with Gasteiger partial charge in [-0.2, -0.15) is 0 Å². The van der Waals surface area contributed by atoms with Crippen LogP contribution in [0.5, 0.6) is 0 Å². The summed E-state index contributed by atoms with van der Waals surface area (Å²) in [5, 5.41) is 0. The highest BCUT2D eigenvalue weighted by Gasteiger charge is 2.08. The van der Waals surface area contributed by atoms with Crippen LogP contribution in [-0.4, -0.2) is 9.38 Å². The molecule has 0 unspecified atom stereocenters. The first-order chi connectivity index (χ1) is 15.8. The van der Waals surface area contributed by atoms with Crippen LogP contribution in [0, 0.1) is 0 Å². The fraction of sp³-hybridized carbons (Fsp3) is 0.621. The van der Waals surface area contributed by atoms with E-state index in [1.54, 1.807) is 0 Å². The van der Waals surface area contributed by atoms with E-state index in [1.807, 2.05) is 11.3 Å². The van der Waals surface area contributed by atoms with Crippen LogP contribution in [0.25, 0.3) is 15.4 Å². The van der Waals surface area contributed by atoms with E-state index in [9.17, 15) is 0 Å². The van der Waals surface area contributed by atoms with Gasteiger partial charge in [-0.1, -0.05) is 126 Å². The molecular weight excluding hydrogens is 408 g/mol. The quantitative estimate of drug-likeness (QED) is 0.186. The van der Waals surface area contributed by atoms with Crippen molar-refractivity contribution in [2.45, 2.75) is 117 Å².